The number of rotatable bonds is 31. The normalized spacial score (nSPS) is 25.8. The molecule has 16 atom stereocenters. The predicted molar refractivity (Wildman–Crippen MR) is 459 cm³/mol. The molecule has 2 unspecified atom stereocenters. The van der Waals surface area contributed by atoms with Crippen molar-refractivity contribution < 1.29 is 84.5 Å². The quantitative estimate of drug-likeness (QED) is 0.0136. The van der Waals surface area contributed by atoms with Gasteiger partial charge in [0.1, 0.15) is 53.0 Å². The topological polar surface area (TPSA) is 367 Å². The second-order valence-corrected chi connectivity index (χ2v) is 39.4. The molecule has 3 aromatic carbocycles. The van der Waals surface area contributed by atoms with Gasteiger partial charge in [0.25, 0.3) is 10.1 Å². The summed E-state index contributed by atoms with van der Waals surface area (Å²) in [4.78, 5) is 132. The van der Waals surface area contributed by atoms with E-state index in [0.29, 0.717) is 98.0 Å². The minimum atomic E-state index is -4.23. The molecular formula is C91H113BrN10O19S. The summed E-state index contributed by atoms with van der Waals surface area (Å²) in [6.07, 6.45) is 10.8. The molecule has 2 aliphatic heterocycles. The summed E-state index contributed by atoms with van der Waals surface area (Å²) in [6.45, 7) is 26.8. The van der Waals surface area contributed by atoms with Gasteiger partial charge in [-0.05, 0) is 174 Å². The van der Waals surface area contributed by atoms with Gasteiger partial charge in [0, 0.05) is 108 Å². The number of H-pyrrole nitrogens is 1. The zero-order chi connectivity index (χ0) is 88.0. The number of pyridine rings is 2. The number of amides is 2. The molecule has 0 bridgehead atoms. The van der Waals surface area contributed by atoms with Gasteiger partial charge >= 0.3 is 23.9 Å². The summed E-state index contributed by atoms with van der Waals surface area (Å²) in [7, 11) is 0.213. The van der Waals surface area contributed by atoms with E-state index in [4.69, 9.17) is 37.6 Å². The Morgan fingerprint density at radius 3 is 1.59 bits per heavy atom. The molecule has 6 aliphatic carbocycles. The molecule has 31 heteroatoms. The van der Waals surface area contributed by atoms with Crippen molar-refractivity contribution in [2.24, 2.45) is 69.0 Å². The van der Waals surface area contributed by atoms with Crippen LogP contribution in [0.2, 0.25) is 0 Å². The number of Topliss-reactive ketones (excluding diaryl/α,β-unsaturated/α-hetero) is 2. The van der Waals surface area contributed by atoms with E-state index in [1.807, 2.05) is 99.7 Å². The molecular weight excluding hydrogens is 1650 g/mol. The lowest BCUT2D eigenvalue weighted by Gasteiger charge is -2.35. The number of halogens is 1. The van der Waals surface area contributed by atoms with Crippen LogP contribution in [0.5, 0.6) is 17.2 Å². The van der Waals surface area contributed by atoms with Crippen LogP contribution in [0.1, 0.15) is 159 Å². The zero-order valence-electron chi connectivity index (χ0n) is 71.6. The molecule has 15 rings (SSSR count). The Labute approximate surface area is 719 Å². The average molecular weight is 1760 g/mol. The molecule has 0 spiro atoms. The lowest BCUT2D eigenvalue weighted by atomic mass is 9.77. The number of fused-ring (bicyclic) bond motifs is 4. The molecule has 4 aromatic heterocycles. The summed E-state index contributed by atoms with van der Waals surface area (Å²) in [5.74, 6) is 0.669. The van der Waals surface area contributed by atoms with Crippen LogP contribution in [0, 0.1) is 69.0 Å². The number of esters is 3. The fourth-order valence-corrected chi connectivity index (χ4v) is 19.5. The van der Waals surface area contributed by atoms with Crippen LogP contribution in [0.3, 0.4) is 0 Å². The average Bonchev–Trinajstić information content (AvgIpc) is 1.58. The molecule has 654 valence electrons. The smallest absolute Gasteiger partial charge is 0.312 e. The number of carboxylic acids is 1. The summed E-state index contributed by atoms with van der Waals surface area (Å²) in [6, 6.07) is 22.3. The molecule has 2 saturated heterocycles. The minimum Gasteiger partial charge on any atom is -0.497 e. The highest BCUT2D eigenvalue weighted by Gasteiger charge is 2.63. The first-order valence-corrected chi connectivity index (χ1v) is 44.3. The first-order valence-electron chi connectivity index (χ1n) is 42.1. The number of aromatic amines is 1. The van der Waals surface area contributed by atoms with Crippen LogP contribution in [-0.4, -0.2) is 183 Å². The van der Waals surface area contributed by atoms with Gasteiger partial charge in [-0.2, -0.15) is 8.42 Å². The number of anilines is 2. The molecule has 7 aromatic rings. The number of hydrogen-bond acceptors (Lipinski definition) is 23. The Morgan fingerprint density at radius 1 is 0.615 bits per heavy atom. The highest BCUT2D eigenvalue weighted by molar-refractivity contribution is 9.10. The fourth-order valence-electron chi connectivity index (χ4n) is 18.1. The van der Waals surface area contributed by atoms with E-state index in [9.17, 15) is 56.7 Å². The number of nitrogens with zero attached hydrogens (tertiary/aromatic N) is 7. The van der Waals surface area contributed by atoms with E-state index >= 15 is 0 Å². The van der Waals surface area contributed by atoms with Crippen LogP contribution in [0.15, 0.2) is 137 Å². The third-order valence-electron chi connectivity index (χ3n) is 25.3. The van der Waals surface area contributed by atoms with E-state index in [-0.39, 0.29) is 104 Å². The first-order chi connectivity index (χ1) is 57.7. The Balaban J connectivity index is 0.000000171. The number of nitrogens with one attached hydrogen (secondary N) is 3. The Hall–Kier alpha value is -10.3. The monoisotopic (exact) mass is 1760 g/mol. The largest absolute Gasteiger partial charge is 0.497 e. The molecule has 8 fully saturated rings. The van der Waals surface area contributed by atoms with Gasteiger partial charge in [0.15, 0.2) is 22.8 Å². The molecule has 2 amide bonds. The summed E-state index contributed by atoms with van der Waals surface area (Å²) < 4.78 is 70.0. The molecule has 122 heavy (non-hydrogen) atoms. The maximum absolute atomic E-state index is 14.7. The SMILES string of the molecule is C=C[C@@H]1C[C@]1(CC(=O)[C@@H]1C[C@@H](Oc2cc(-n3ccc(NC(C)C)n3)nc3cc(OC)ccc23)CN1C(=O)[C@@H](CC(=O)OC1C[C@@H]2C[C@@H]2C1)C(C)(C)C)C(=O)O.C=C[C@@H]1C[C@]1(CC(=O)[C@@H]1C[C@H](OS(=O)(=O)c2ccc(Br)cc2)CN1C(=O)[C@@H](CC(=O)OC1C[C@@H]2C[C@@H]2C1)C(C)(C)C)C(=O)OC.COc1ccc2c(=O)cc(-n3ccc(NC(C)C)n3)[nH]c2c1. The lowest BCUT2D eigenvalue weighted by Crippen LogP contribution is -2.48. The van der Waals surface area contributed by atoms with Crippen molar-refractivity contribution in [3.05, 3.63) is 137 Å². The lowest BCUT2D eigenvalue weighted by molar-refractivity contribution is -0.157. The number of ketones is 2. The predicted octanol–water partition coefficient (Wildman–Crippen LogP) is 13.6. The number of carbonyl (C=O) groups is 8. The second-order valence-electron chi connectivity index (χ2n) is 36.9. The van der Waals surface area contributed by atoms with E-state index in [1.54, 1.807) is 90.5 Å². The van der Waals surface area contributed by atoms with Gasteiger partial charge in [0.2, 0.25) is 11.8 Å². The number of ether oxygens (including phenoxy) is 6. The van der Waals surface area contributed by atoms with Crippen molar-refractivity contribution in [2.75, 3.05) is 45.1 Å². The number of aromatic nitrogens is 6. The molecule has 6 saturated carbocycles. The molecule has 29 nitrogen and oxygen atoms in total. The number of aliphatic carboxylic acids is 1. The first kappa shape index (κ1) is 89.5. The highest BCUT2D eigenvalue weighted by atomic mass is 79.9. The van der Waals surface area contributed by atoms with Gasteiger partial charge in [0.05, 0.1) is 97.5 Å². The van der Waals surface area contributed by atoms with E-state index in [1.165, 1.54) is 41.9 Å². The number of allylic oxidation sites excluding steroid dienone is 2. The number of likely N-dealkylation sites (tertiary alicyclic amines) is 2. The number of benzene rings is 3. The standard InChI is InChI=1S/C42H53N5O8.C33H42BrNO9S.C16H18N4O2/c1-8-26-20-42(26,40(51)52)21-34(48)33-17-29(22-46(33)39(50)31(41(4,5)6)18-38(49)55-28-14-24-13-25(24)15-28)54-35-19-37(47-12-11-36(45-47)43-23(2)3)44-32-16-27(53-7)9-10-30(32)35;1-6-21-16-33(21,31(39)42-5)17-28(36)27-14-24(44-45(40,41)25-9-7-22(34)8-10-25)18-35(27)30(38)26(32(2,3)4)15-29(37)43-23-12-19-11-20(19)13-23;1-10(2)17-15-6-7-20(19-15)16-9-14(21)12-5-4-11(22-3)8-13(12)18-16/h8-12,16,19,23-26,28-29,31,33H,1,13-15,17-18,20-22H2,2-7H3,(H,43,45)(H,51,52);6-10,19-21,23-24,26-27H,1,11-18H2,2-5H3;4-10H,1-3H3,(H,17,19)(H,18,21)/t24-,25+,26-,28?,29-,31-,33+,42-;19-,20+,21-,23?,24+,26-,27+,33-;/m11./s1. The second kappa shape index (κ2) is 35.9. The van der Waals surface area contributed by atoms with Gasteiger partial charge < -0.3 is 58.9 Å². The highest BCUT2D eigenvalue weighted by Crippen LogP contribution is 2.59. The molecule has 8 aliphatic rings. The summed E-state index contributed by atoms with van der Waals surface area (Å²) >= 11 is 3.29. The van der Waals surface area contributed by atoms with Crippen LogP contribution in [-0.2, 0) is 66.9 Å². The van der Waals surface area contributed by atoms with Gasteiger partial charge in [-0.3, -0.25) is 47.3 Å². The van der Waals surface area contributed by atoms with Gasteiger partial charge in [-0.25, -0.2) is 14.3 Å². The molecule has 6 heterocycles. The summed E-state index contributed by atoms with van der Waals surface area (Å²) in [5.41, 5.74) is -2.38. The van der Waals surface area contributed by atoms with Gasteiger partial charge in [-0.1, -0.05) is 69.6 Å². The van der Waals surface area contributed by atoms with Crippen molar-refractivity contribution in [1.82, 2.24) is 39.3 Å². The Bertz CT molecular complexity index is 5320. The number of hydrogen-bond donors (Lipinski definition) is 4. The van der Waals surface area contributed by atoms with Gasteiger partial charge in [-0.15, -0.1) is 23.4 Å². The Morgan fingerprint density at radius 2 is 1.10 bits per heavy atom. The van der Waals surface area contributed by atoms with Crippen LogP contribution >= 0.6 is 15.9 Å². The van der Waals surface area contributed by atoms with Crippen molar-refractivity contribution in [3.63, 3.8) is 0 Å². The van der Waals surface area contributed by atoms with Crippen molar-refractivity contribution in [1.29, 1.82) is 0 Å². The van der Waals surface area contributed by atoms with Crippen molar-refractivity contribution in [3.8, 4) is 28.9 Å². The zero-order valence-corrected chi connectivity index (χ0v) is 74.0. The number of methoxy groups -OCH3 is 3. The van der Waals surface area contributed by atoms with Crippen molar-refractivity contribution >= 4 is 107 Å². The third kappa shape index (κ3) is 20.3. The van der Waals surface area contributed by atoms with E-state index in [2.05, 4.69) is 54.9 Å². The number of carboxylic acid groups (broad SMARTS) is 1. The maximum atomic E-state index is 14.7. The van der Waals surface area contributed by atoms with Crippen LogP contribution in [0.25, 0.3) is 33.4 Å². The maximum Gasteiger partial charge on any atom is 0.312 e. The minimum absolute atomic E-state index is 0.0553. The number of carbonyl (C=O) groups excluding carboxylic acids is 7. The van der Waals surface area contributed by atoms with E-state index in [0.717, 1.165) is 37.0 Å². The van der Waals surface area contributed by atoms with Crippen LogP contribution < -0.4 is 30.3 Å². The van der Waals surface area contributed by atoms with Crippen LogP contribution in [0.4, 0.5) is 11.6 Å². The van der Waals surface area contributed by atoms with Crippen molar-refractivity contribution in [2.45, 2.75) is 213 Å². The summed E-state index contributed by atoms with van der Waals surface area (Å²) in [5, 5.41) is 27.1. The third-order valence-corrected chi connectivity index (χ3v) is 27.2. The van der Waals surface area contributed by atoms with E-state index < -0.39 is 103 Å². The molecule has 0 radical (unpaired) electrons. The fraction of sp³-hybridized carbons (Fsp3) is 0.538. The Kier molecular flexibility index (Phi) is 26.3. The molecule has 4 N–H and O–H groups in total.